The molecule has 1 N–H and O–H groups in total. The van der Waals surface area contributed by atoms with Crippen molar-refractivity contribution in [2.45, 2.75) is 45.8 Å². The molecule has 0 unspecified atom stereocenters. The molecule has 0 saturated heterocycles. The number of Topliss-reactive ketones (excluding diaryl/α,β-unsaturated/α-hetero) is 1. The van der Waals surface area contributed by atoms with Crippen LogP contribution in [0.3, 0.4) is 0 Å². The van der Waals surface area contributed by atoms with Crippen LogP contribution in [0, 0.1) is 0 Å². The van der Waals surface area contributed by atoms with Gasteiger partial charge >= 0.3 is 6.09 Å². The number of hydrogen-bond donors (Lipinski definition) is 1. The minimum absolute atomic E-state index is 0.0726. The zero-order chi connectivity index (χ0) is 16.3. The van der Waals surface area contributed by atoms with Crippen molar-refractivity contribution in [1.82, 2.24) is 15.3 Å². The van der Waals surface area contributed by atoms with Crippen molar-refractivity contribution >= 4 is 23.1 Å². The lowest BCUT2D eigenvalue weighted by Crippen LogP contribution is -2.43. The Kier molecular flexibility index (Phi) is 4.44. The molecule has 0 bridgehead atoms. The monoisotopic (exact) mass is 305 g/mol. The second-order valence-corrected chi connectivity index (χ2v) is 5.82. The Hall–Kier alpha value is -2.44. The Balaban J connectivity index is 2.13. The van der Waals surface area contributed by atoms with E-state index in [-0.39, 0.29) is 5.89 Å². The minimum Gasteiger partial charge on any atom is -0.444 e. The summed E-state index contributed by atoms with van der Waals surface area (Å²) in [4.78, 5) is 32.2. The quantitative estimate of drug-likeness (QED) is 0.873. The minimum atomic E-state index is -0.761. The molecule has 0 fully saturated rings. The molecule has 1 amide bonds. The van der Waals surface area contributed by atoms with E-state index in [1.165, 1.54) is 0 Å². The lowest BCUT2D eigenvalue weighted by Gasteiger charge is -2.22. The van der Waals surface area contributed by atoms with Crippen molar-refractivity contribution in [1.29, 1.82) is 0 Å². The first kappa shape index (κ1) is 15.9. The Bertz CT molecular complexity index is 654. The standard InChI is InChI=1S/C15H19N3O4/c1-5-9(17-14(20)22-15(2,3)4)11(19)13-18-12-10(21-13)7-6-8-16-12/h6-9H,5H2,1-4H3,(H,17,20)/t9-/m1/s1. The zero-order valence-electron chi connectivity index (χ0n) is 13.0. The van der Waals surface area contributed by atoms with Gasteiger partial charge < -0.3 is 14.5 Å². The van der Waals surface area contributed by atoms with E-state index in [4.69, 9.17) is 9.15 Å². The summed E-state index contributed by atoms with van der Waals surface area (Å²) in [6.45, 7) is 7.03. The maximum absolute atomic E-state index is 12.4. The number of nitrogens with zero attached hydrogens (tertiary/aromatic N) is 2. The Labute approximate surface area is 128 Å². The highest BCUT2D eigenvalue weighted by atomic mass is 16.6. The molecule has 7 nitrogen and oxygen atoms in total. The van der Waals surface area contributed by atoms with Crippen LogP contribution in [0.1, 0.15) is 44.8 Å². The number of rotatable bonds is 4. The second-order valence-electron chi connectivity index (χ2n) is 5.82. The van der Waals surface area contributed by atoms with Crippen LogP contribution in [-0.2, 0) is 4.74 Å². The number of pyridine rings is 1. The third-order valence-corrected chi connectivity index (χ3v) is 2.79. The summed E-state index contributed by atoms with van der Waals surface area (Å²) >= 11 is 0. The van der Waals surface area contributed by atoms with Crippen LogP contribution in [-0.4, -0.2) is 33.5 Å². The number of alkyl carbamates (subject to hydrolysis) is 1. The summed E-state index contributed by atoms with van der Waals surface area (Å²) in [6.07, 6.45) is 1.31. The van der Waals surface area contributed by atoms with E-state index in [1.807, 2.05) is 0 Å². The van der Waals surface area contributed by atoms with Gasteiger partial charge in [0.1, 0.15) is 11.6 Å². The first-order valence-electron chi connectivity index (χ1n) is 7.05. The lowest BCUT2D eigenvalue weighted by atomic mass is 10.1. The smallest absolute Gasteiger partial charge is 0.408 e. The molecule has 2 aromatic rings. The van der Waals surface area contributed by atoms with Gasteiger partial charge in [0.15, 0.2) is 11.2 Å². The number of hydrogen-bond acceptors (Lipinski definition) is 6. The van der Waals surface area contributed by atoms with Gasteiger partial charge in [-0.15, -0.1) is 0 Å². The van der Waals surface area contributed by atoms with E-state index in [0.717, 1.165) is 0 Å². The van der Waals surface area contributed by atoms with Crippen LogP contribution < -0.4 is 5.32 Å². The summed E-state index contributed by atoms with van der Waals surface area (Å²) in [5.74, 6) is -0.483. The van der Waals surface area contributed by atoms with Crippen molar-refractivity contribution in [2.24, 2.45) is 0 Å². The summed E-state index contributed by atoms with van der Waals surface area (Å²) in [6, 6.07) is 2.61. The third kappa shape index (κ3) is 3.81. The summed E-state index contributed by atoms with van der Waals surface area (Å²) in [5.41, 5.74) is 0.156. The molecule has 1 atom stereocenters. The zero-order valence-corrected chi connectivity index (χ0v) is 13.0. The van der Waals surface area contributed by atoms with Gasteiger partial charge in [0.2, 0.25) is 5.78 Å². The van der Waals surface area contributed by atoms with E-state index in [9.17, 15) is 9.59 Å². The molecule has 0 saturated carbocycles. The van der Waals surface area contributed by atoms with E-state index >= 15 is 0 Å². The molecule has 0 aliphatic carbocycles. The number of ketones is 1. The number of amides is 1. The SMILES string of the molecule is CC[C@@H](NC(=O)OC(C)(C)C)C(=O)c1nc2ncccc2o1. The Morgan fingerprint density at radius 1 is 1.41 bits per heavy atom. The van der Waals surface area contributed by atoms with E-state index < -0.39 is 23.5 Å². The van der Waals surface area contributed by atoms with Gasteiger partial charge in [-0.1, -0.05) is 6.92 Å². The van der Waals surface area contributed by atoms with Gasteiger partial charge in [0.25, 0.3) is 5.89 Å². The average Bonchev–Trinajstić information content (AvgIpc) is 2.86. The summed E-state index contributed by atoms with van der Waals surface area (Å²) in [5, 5.41) is 2.53. The molecule has 2 aromatic heterocycles. The normalized spacial score (nSPS) is 12.9. The molecule has 0 aliphatic rings. The first-order valence-corrected chi connectivity index (χ1v) is 7.05. The maximum atomic E-state index is 12.4. The molecule has 0 spiro atoms. The van der Waals surface area contributed by atoms with Crippen molar-refractivity contribution in [3.8, 4) is 0 Å². The van der Waals surface area contributed by atoms with Gasteiger partial charge in [-0.2, -0.15) is 4.98 Å². The summed E-state index contributed by atoms with van der Waals surface area (Å²) in [7, 11) is 0. The number of carbonyl (C=O) groups is 2. The predicted octanol–water partition coefficient (Wildman–Crippen LogP) is 2.71. The lowest BCUT2D eigenvalue weighted by molar-refractivity contribution is 0.0487. The molecular formula is C15H19N3O4. The highest BCUT2D eigenvalue weighted by Gasteiger charge is 2.27. The number of oxazole rings is 1. The fourth-order valence-electron chi connectivity index (χ4n) is 1.83. The van der Waals surface area contributed by atoms with Crippen molar-refractivity contribution in [2.75, 3.05) is 0 Å². The van der Waals surface area contributed by atoms with Gasteiger partial charge in [-0.05, 0) is 39.3 Å². The number of carbonyl (C=O) groups excluding carboxylic acids is 2. The molecule has 0 aromatic carbocycles. The van der Waals surface area contributed by atoms with Crippen LogP contribution in [0.2, 0.25) is 0 Å². The molecule has 22 heavy (non-hydrogen) atoms. The molecule has 0 radical (unpaired) electrons. The largest absolute Gasteiger partial charge is 0.444 e. The molecule has 0 aliphatic heterocycles. The van der Waals surface area contributed by atoms with Crippen LogP contribution in [0.5, 0.6) is 0 Å². The number of nitrogens with one attached hydrogen (secondary N) is 1. The van der Waals surface area contributed by atoms with Crippen molar-refractivity contribution in [3.63, 3.8) is 0 Å². The fourth-order valence-corrected chi connectivity index (χ4v) is 1.83. The molecule has 7 heteroatoms. The molecule has 2 rings (SSSR count). The van der Waals surface area contributed by atoms with E-state index in [1.54, 1.807) is 46.0 Å². The predicted molar refractivity (Wildman–Crippen MR) is 79.6 cm³/mol. The van der Waals surface area contributed by atoms with Gasteiger partial charge in [-0.3, -0.25) is 4.79 Å². The van der Waals surface area contributed by atoms with Gasteiger partial charge in [0, 0.05) is 6.20 Å². The Morgan fingerprint density at radius 3 is 2.73 bits per heavy atom. The first-order chi connectivity index (χ1) is 10.3. The van der Waals surface area contributed by atoms with Crippen LogP contribution in [0.4, 0.5) is 4.79 Å². The number of aromatic nitrogens is 2. The number of fused-ring (bicyclic) bond motifs is 1. The van der Waals surface area contributed by atoms with Gasteiger partial charge in [-0.25, -0.2) is 9.78 Å². The van der Waals surface area contributed by atoms with Crippen LogP contribution in [0.15, 0.2) is 22.7 Å². The topological polar surface area (TPSA) is 94.3 Å². The van der Waals surface area contributed by atoms with Crippen LogP contribution in [0.25, 0.3) is 11.2 Å². The maximum Gasteiger partial charge on any atom is 0.408 e. The average molecular weight is 305 g/mol. The second kappa shape index (κ2) is 6.13. The van der Waals surface area contributed by atoms with Gasteiger partial charge in [0.05, 0.1) is 0 Å². The van der Waals surface area contributed by atoms with Crippen molar-refractivity contribution < 1.29 is 18.7 Å². The Morgan fingerprint density at radius 2 is 2.14 bits per heavy atom. The van der Waals surface area contributed by atoms with E-state index in [2.05, 4.69) is 15.3 Å². The molecule has 118 valence electrons. The third-order valence-electron chi connectivity index (χ3n) is 2.79. The molecular weight excluding hydrogens is 286 g/mol. The number of ether oxygens (including phenoxy) is 1. The molecule has 2 heterocycles. The fraction of sp³-hybridized carbons (Fsp3) is 0.467. The van der Waals surface area contributed by atoms with Crippen molar-refractivity contribution in [3.05, 3.63) is 24.2 Å². The highest BCUT2D eigenvalue weighted by Crippen LogP contribution is 2.15. The van der Waals surface area contributed by atoms with Crippen LogP contribution >= 0.6 is 0 Å². The highest BCUT2D eigenvalue weighted by molar-refractivity contribution is 5.99. The van der Waals surface area contributed by atoms with E-state index in [0.29, 0.717) is 17.7 Å². The summed E-state index contributed by atoms with van der Waals surface area (Å²) < 4.78 is 10.5.